The van der Waals surface area contributed by atoms with Crippen LogP contribution in [0.25, 0.3) is 6.08 Å². The summed E-state index contributed by atoms with van der Waals surface area (Å²) in [7, 11) is 1.45. The minimum absolute atomic E-state index is 0.0101. The molecule has 27 heavy (non-hydrogen) atoms. The highest BCUT2D eigenvalue weighted by molar-refractivity contribution is 8.26. The van der Waals surface area contributed by atoms with Crippen LogP contribution >= 0.6 is 58.8 Å². The fraction of sp³-hybridized carbons (Fsp3) is 0.0588. The molecular formula is C17H11Cl3N2O3S2. The molecule has 2 aromatic rings. The van der Waals surface area contributed by atoms with E-state index in [0.29, 0.717) is 31.2 Å². The first-order chi connectivity index (χ1) is 12.8. The van der Waals surface area contributed by atoms with Crippen molar-refractivity contribution < 1.29 is 14.6 Å². The van der Waals surface area contributed by atoms with E-state index in [1.54, 1.807) is 18.2 Å². The summed E-state index contributed by atoms with van der Waals surface area (Å²) in [6, 6.07) is 7.77. The van der Waals surface area contributed by atoms with E-state index in [9.17, 15) is 9.90 Å². The first-order valence-corrected chi connectivity index (χ1v) is 9.72. The number of rotatable bonds is 4. The van der Waals surface area contributed by atoms with E-state index in [-0.39, 0.29) is 21.7 Å². The van der Waals surface area contributed by atoms with E-state index >= 15 is 0 Å². The van der Waals surface area contributed by atoms with Crippen LogP contribution in [0.5, 0.6) is 11.5 Å². The lowest BCUT2D eigenvalue weighted by atomic mass is 10.2. The summed E-state index contributed by atoms with van der Waals surface area (Å²) >= 11 is 24.6. The number of amides is 1. The van der Waals surface area contributed by atoms with Gasteiger partial charge in [-0.05, 0) is 48.1 Å². The van der Waals surface area contributed by atoms with Gasteiger partial charge in [0.05, 0.1) is 27.7 Å². The van der Waals surface area contributed by atoms with Gasteiger partial charge in [0.2, 0.25) is 0 Å². The number of thioether (sulfide) groups is 1. The largest absolute Gasteiger partial charge is 0.504 e. The molecule has 1 aliphatic rings. The number of methoxy groups -OCH3 is 1. The number of aromatic hydroxyl groups is 1. The minimum Gasteiger partial charge on any atom is -0.504 e. The first kappa shape index (κ1) is 20.1. The molecule has 1 saturated heterocycles. The van der Waals surface area contributed by atoms with E-state index in [2.05, 4.69) is 5.43 Å². The van der Waals surface area contributed by atoms with E-state index in [1.165, 1.54) is 30.3 Å². The average Bonchev–Trinajstić information content (AvgIpc) is 2.86. The molecule has 1 fully saturated rings. The van der Waals surface area contributed by atoms with Gasteiger partial charge in [0, 0.05) is 5.02 Å². The predicted molar refractivity (Wildman–Crippen MR) is 115 cm³/mol. The summed E-state index contributed by atoms with van der Waals surface area (Å²) in [5.74, 6) is -0.0490. The molecule has 2 aromatic carbocycles. The van der Waals surface area contributed by atoms with Gasteiger partial charge in [0.15, 0.2) is 15.8 Å². The van der Waals surface area contributed by atoms with Gasteiger partial charge in [-0.2, -0.15) is 0 Å². The Kier molecular flexibility index (Phi) is 6.08. The Morgan fingerprint density at radius 1 is 1.22 bits per heavy atom. The van der Waals surface area contributed by atoms with Crippen molar-refractivity contribution in [1.82, 2.24) is 5.01 Å². The molecule has 0 spiro atoms. The lowest BCUT2D eigenvalue weighted by Gasteiger charge is -2.19. The monoisotopic (exact) mass is 460 g/mol. The van der Waals surface area contributed by atoms with E-state index < -0.39 is 0 Å². The SMILES string of the molecule is COc1cc(/C=C2/SC(=S)N(Nc3c(Cl)cc(Cl)cc3Cl)C2=O)ccc1O. The van der Waals surface area contributed by atoms with Gasteiger partial charge >= 0.3 is 0 Å². The van der Waals surface area contributed by atoms with Crippen LogP contribution in [-0.2, 0) is 4.79 Å². The van der Waals surface area contributed by atoms with Crippen LogP contribution in [0.1, 0.15) is 5.56 Å². The second kappa shape index (κ2) is 8.16. The number of phenolic OH excluding ortho intramolecular Hbond substituents is 1. The number of nitrogens with one attached hydrogen (secondary N) is 1. The molecule has 0 unspecified atom stereocenters. The molecule has 140 valence electrons. The number of anilines is 1. The van der Waals surface area contributed by atoms with Crippen LogP contribution in [0.15, 0.2) is 35.2 Å². The predicted octanol–water partition coefficient (Wildman–Crippen LogP) is 5.59. The molecule has 10 heteroatoms. The second-order valence-corrected chi connectivity index (χ2v) is 8.23. The quantitative estimate of drug-likeness (QED) is 0.457. The normalized spacial score (nSPS) is 15.6. The summed E-state index contributed by atoms with van der Waals surface area (Å²) in [6.45, 7) is 0. The number of hydrazine groups is 1. The molecule has 3 rings (SSSR count). The highest BCUT2D eigenvalue weighted by Crippen LogP contribution is 2.38. The van der Waals surface area contributed by atoms with E-state index in [0.717, 1.165) is 11.8 Å². The number of benzene rings is 2. The molecule has 0 radical (unpaired) electrons. The Balaban J connectivity index is 1.87. The van der Waals surface area contributed by atoms with Crippen LogP contribution in [-0.4, -0.2) is 27.5 Å². The zero-order chi connectivity index (χ0) is 19.7. The molecule has 0 atom stereocenters. The minimum atomic E-state index is -0.362. The summed E-state index contributed by atoms with van der Waals surface area (Å²) in [6.07, 6.45) is 1.65. The van der Waals surface area contributed by atoms with Crippen molar-refractivity contribution in [3.8, 4) is 11.5 Å². The summed E-state index contributed by atoms with van der Waals surface area (Å²) in [4.78, 5) is 13.1. The van der Waals surface area contributed by atoms with Crippen molar-refractivity contribution in [2.24, 2.45) is 0 Å². The van der Waals surface area contributed by atoms with Gasteiger partial charge in [0.25, 0.3) is 5.91 Å². The van der Waals surface area contributed by atoms with E-state index in [4.69, 9.17) is 51.8 Å². The van der Waals surface area contributed by atoms with Gasteiger partial charge in [-0.25, -0.2) is 5.01 Å². The average molecular weight is 462 g/mol. The Morgan fingerprint density at radius 3 is 2.52 bits per heavy atom. The van der Waals surface area contributed by atoms with Crippen LogP contribution < -0.4 is 10.2 Å². The van der Waals surface area contributed by atoms with Gasteiger partial charge < -0.3 is 9.84 Å². The maximum absolute atomic E-state index is 12.7. The first-order valence-electron chi connectivity index (χ1n) is 7.36. The van der Waals surface area contributed by atoms with Crippen molar-refractivity contribution >= 4 is 80.8 Å². The lowest BCUT2D eigenvalue weighted by molar-refractivity contribution is -0.121. The smallest absolute Gasteiger partial charge is 0.285 e. The Morgan fingerprint density at radius 2 is 1.89 bits per heavy atom. The number of halogens is 3. The third-order valence-electron chi connectivity index (χ3n) is 3.53. The second-order valence-electron chi connectivity index (χ2n) is 5.30. The molecule has 1 amide bonds. The number of nitrogens with zero attached hydrogens (tertiary/aromatic N) is 1. The third-order valence-corrected chi connectivity index (χ3v) is 5.64. The van der Waals surface area contributed by atoms with Crippen LogP contribution in [0.2, 0.25) is 15.1 Å². The summed E-state index contributed by atoms with van der Waals surface area (Å²) in [5, 5.41) is 11.8. The molecular weight excluding hydrogens is 451 g/mol. The number of phenols is 1. The molecule has 2 N–H and O–H groups in total. The van der Waals surface area contributed by atoms with Gasteiger partial charge in [-0.1, -0.05) is 52.6 Å². The molecule has 0 aromatic heterocycles. The molecule has 5 nitrogen and oxygen atoms in total. The standard InChI is InChI=1S/C17H11Cl3N2O3S2/c1-25-13-4-8(2-3-12(13)23)5-14-16(24)22(17(26)27-14)21-15-10(19)6-9(18)7-11(15)20/h2-7,21,23H,1H3/b14-5+. The number of thiocarbonyl (C=S) groups is 1. The van der Waals surface area contributed by atoms with Gasteiger partial charge in [0.1, 0.15) is 0 Å². The zero-order valence-electron chi connectivity index (χ0n) is 13.6. The van der Waals surface area contributed by atoms with Crippen molar-refractivity contribution in [1.29, 1.82) is 0 Å². The Hall–Kier alpha value is -1.64. The highest BCUT2D eigenvalue weighted by atomic mass is 35.5. The van der Waals surface area contributed by atoms with Crippen molar-refractivity contribution in [3.05, 3.63) is 55.9 Å². The van der Waals surface area contributed by atoms with Crippen LogP contribution in [0.4, 0.5) is 5.69 Å². The molecule has 0 aliphatic carbocycles. The number of hydrogen-bond donors (Lipinski definition) is 2. The third kappa shape index (κ3) is 4.28. The molecule has 0 bridgehead atoms. The Labute approximate surface area is 179 Å². The van der Waals surface area contributed by atoms with Crippen molar-refractivity contribution in [2.45, 2.75) is 0 Å². The molecule has 0 saturated carbocycles. The molecule has 1 aliphatic heterocycles. The number of ether oxygens (including phenoxy) is 1. The van der Waals surface area contributed by atoms with Crippen molar-refractivity contribution in [3.63, 3.8) is 0 Å². The number of hydrogen-bond acceptors (Lipinski definition) is 6. The van der Waals surface area contributed by atoms with Crippen molar-refractivity contribution in [2.75, 3.05) is 12.5 Å². The topological polar surface area (TPSA) is 61.8 Å². The lowest BCUT2D eigenvalue weighted by Crippen LogP contribution is -2.34. The maximum atomic E-state index is 12.7. The Bertz CT molecular complexity index is 959. The van der Waals surface area contributed by atoms with Crippen LogP contribution in [0, 0.1) is 0 Å². The fourth-order valence-electron chi connectivity index (χ4n) is 2.26. The fourth-order valence-corrected chi connectivity index (χ4v) is 4.34. The zero-order valence-corrected chi connectivity index (χ0v) is 17.5. The summed E-state index contributed by atoms with van der Waals surface area (Å²) < 4.78 is 5.37. The van der Waals surface area contributed by atoms with Gasteiger partial charge in [-0.15, -0.1) is 0 Å². The maximum Gasteiger partial charge on any atom is 0.285 e. The van der Waals surface area contributed by atoms with E-state index in [1.807, 2.05) is 0 Å². The molecule has 1 heterocycles. The highest BCUT2D eigenvalue weighted by Gasteiger charge is 2.33. The van der Waals surface area contributed by atoms with Gasteiger partial charge in [-0.3, -0.25) is 10.2 Å². The number of carbonyl (C=O) groups excluding carboxylic acids is 1. The van der Waals surface area contributed by atoms with Crippen LogP contribution in [0.3, 0.4) is 0 Å². The summed E-state index contributed by atoms with van der Waals surface area (Å²) in [5.41, 5.74) is 3.84. The number of carbonyl (C=O) groups is 1.